The average Bonchev–Trinajstić information content (AvgIpc) is 1.94. The standard InChI is InChI=1S/C7H12ClNO/c8-6-3-1-2-4-7(6)9-5-10/h5-7H,1-4H2,(H,9,10)/t6-,7+/m0/s1. The molecule has 2 atom stereocenters. The number of rotatable bonds is 2. The maximum Gasteiger partial charge on any atom is 0.207 e. The molecule has 0 aromatic rings. The molecule has 1 N–H and O–H groups in total. The second-order valence-corrected chi connectivity index (χ2v) is 3.25. The lowest BCUT2D eigenvalue weighted by Crippen LogP contribution is -2.38. The highest BCUT2D eigenvalue weighted by molar-refractivity contribution is 6.21. The van der Waals surface area contributed by atoms with E-state index in [-0.39, 0.29) is 11.4 Å². The van der Waals surface area contributed by atoms with E-state index in [1.165, 1.54) is 12.8 Å². The molecule has 1 aliphatic rings. The van der Waals surface area contributed by atoms with Crippen LogP contribution < -0.4 is 5.32 Å². The van der Waals surface area contributed by atoms with E-state index < -0.39 is 0 Å². The normalized spacial score (nSPS) is 33.3. The van der Waals surface area contributed by atoms with Crippen molar-refractivity contribution >= 4 is 18.0 Å². The van der Waals surface area contributed by atoms with Crippen molar-refractivity contribution in [3.63, 3.8) is 0 Å². The number of hydrogen-bond acceptors (Lipinski definition) is 1. The van der Waals surface area contributed by atoms with Crippen molar-refractivity contribution in [3.8, 4) is 0 Å². The first-order valence-corrected chi connectivity index (χ1v) is 4.12. The molecule has 1 amide bonds. The van der Waals surface area contributed by atoms with Gasteiger partial charge in [0.25, 0.3) is 0 Å². The third-order valence-corrected chi connectivity index (χ3v) is 2.49. The minimum Gasteiger partial charge on any atom is -0.354 e. The number of alkyl halides is 1. The molecule has 0 bridgehead atoms. The fourth-order valence-corrected chi connectivity index (χ4v) is 1.71. The van der Waals surface area contributed by atoms with Crippen molar-refractivity contribution in [3.05, 3.63) is 0 Å². The van der Waals surface area contributed by atoms with Crippen LogP contribution in [0.15, 0.2) is 0 Å². The molecule has 10 heavy (non-hydrogen) atoms. The van der Waals surface area contributed by atoms with Gasteiger partial charge < -0.3 is 5.32 Å². The van der Waals surface area contributed by atoms with Gasteiger partial charge in [-0.15, -0.1) is 11.6 Å². The molecule has 1 aliphatic carbocycles. The van der Waals surface area contributed by atoms with E-state index in [2.05, 4.69) is 5.32 Å². The molecule has 0 spiro atoms. The highest BCUT2D eigenvalue weighted by Gasteiger charge is 2.21. The van der Waals surface area contributed by atoms with Gasteiger partial charge in [0.1, 0.15) is 0 Å². The lowest BCUT2D eigenvalue weighted by Gasteiger charge is -2.25. The van der Waals surface area contributed by atoms with Gasteiger partial charge in [-0.2, -0.15) is 0 Å². The van der Waals surface area contributed by atoms with Gasteiger partial charge in [0, 0.05) is 6.04 Å². The van der Waals surface area contributed by atoms with Crippen LogP contribution in [0.3, 0.4) is 0 Å². The van der Waals surface area contributed by atoms with E-state index in [9.17, 15) is 4.79 Å². The van der Waals surface area contributed by atoms with E-state index in [1.807, 2.05) is 0 Å². The summed E-state index contributed by atoms with van der Waals surface area (Å²) in [7, 11) is 0. The second-order valence-electron chi connectivity index (χ2n) is 2.69. The van der Waals surface area contributed by atoms with Crippen molar-refractivity contribution in [1.82, 2.24) is 5.32 Å². The van der Waals surface area contributed by atoms with Gasteiger partial charge in [0.2, 0.25) is 6.41 Å². The Bertz CT molecular complexity index is 118. The minimum absolute atomic E-state index is 0.152. The van der Waals surface area contributed by atoms with Gasteiger partial charge in [-0.25, -0.2) is 0 Å². The SMILES string of the molecule is O=CN[C@@H]1CCCC[C@@H]1Cl. The summed E-state index contributed by atoms with van der Waals surface area (Å²) in [6, 6.07) is 0.216. The Hall–Kier alpha value is -0.240. The van der Waals surface area contributed by atoms with Crippen LogP contribution in [0.4, 0.5) is 0 Å². The van der Waals surface area contributed by atoms with Gasteiger partial charge >= 0.3 is 0 Å². The van der Waals surface area contributed by atoms with Crippen LogP contribution in [0.1, 0.15) is 25.7 Å². The Balaban J connectivity index is 2.32. The molecular weight excluding hydrogens is 150 g/mol. The molecule has 0 saturated heterocycles. The zero-order chi connectivity index (χ0) is 7.40. The second kappa shape index (κ2) is 3.81. The molecule has 0 unspecified atom stereocenters. The molecule has 58 valence electrons. The number of carbonyl (C=O) groups excluding carboxylic acids is 1. The third-order valence-electron chi connectivity index (χ3n) is 1.96. The quantitative estimate of drug-likeness (QED) is 0.480. The van der Waals surface area contributed by atoms with Crippen LogP contribution in [-0.2, 0) is 4.79 Å². The molecule has 0 radical (unpaired) electrons. The highest BCUT2D eigenvalue weighted by Crippen LogP contribution is 2.22. The Morgan fingerprint density at radius 1 is 1.40 bits per heavy atom. The molecule has 0 aromatic heterocycles. The highest BCUT2D eigenvalue weighted by atomic mass is 35.5. The Morgan fingerprint density at radius 2 is 2.10 bits per heavy atom. The van der Waals surface area contributed by atoms with Crippen LogP contribution in [-0.4, -0.2) is 17.8 Å². The van der Waals surface area contributed by atoms with Crippen LogP contribution in [0.5, 0.6) is 0 Å². The van der Waals surface area contributed by atoms with Gasteiger partial charge in [0.05, 0.1) is 5.38 Å². The molecule has 3 heteroatoms. The zero-order valence-corrected chi connectivity index (χ0v) is 6.60. The molecule has 1 saturated carbocycles. The van der Waals surface area contributed by atoms with Crippen molar-refractivity contribution in [2.75, 3.05) is 0 Å². The predicted molar refractivity (Wildman–Crippen MR) is 41.1 cm³/mol. The number of nitrogens with one attached hydrogen (secondary N) is 1. The topological polar surface area (TPSA) is 29.1 Å². The summed E-state index contributed by atoms with van der Waals surface area (Å²) in [5.41, 5.74) is 0. The lowest BCUT2D eigenvalue weighted by molar-refractivity contribution is -0.110. The van der Waals surface area contributed by atoms with Crippen LogP contribution in [0.2, 0.25) is 0 Å². The van der Waals surface area contributed by atoms with E-state index in [1.54, 1.807) is 0 Å². The first-order valence-electron chi connectivity index (χ1n) is 3.68. The summed E-state index contributed by atoms with van der Waals surface area (Å²) in [6.45, 7) is 0. The molecular formula is C7H12ClNO. The van der Waals surface area contributed by atoms with Crippen LogP contribution >= 0.6 is 11.6 Å². The lowest BCUT2D eigenvalue weighted by atomic mass is 9.95. The van der Waals surface area contributed by atoms with E-state index >= 15 is 0 Å². The van der Waals surface area contributed by atoms with Crippen molar-refractivity contribution in [2.24, 2.45) is 0 Å². The first-order chi connectivity index (χ1) is 4.84. The number of halogens is 1. The maximum atomic E-state index is 10.0. The molecule has 0 aromatic carbocycles. The first kappa shape index (κ1) is 7.86. The third kappa shape index (κ3) is 1.87. The number of hydrogen-bond donors (Lipinski definition) is 1. The minimum atomic E-state index is 0.152. The molecule has 1 rings (SSSR count). The fourth-order valence-electron chi connectivity index (χ4n) is 1.36. The summed E-state index contributed by atoms with van der Waals surface area (Å²) in [6.07, 6.45) is 5.20. The van der Waals surface area contributed by atoms with Gasteiger partial charge in [-0.05, 0) is 12.8 Å². The largest absolute Gasteiger partial charge is 0.354 e. The molecule has 0 aliphatic heterocycles. The van der Waals surface area contributed by atoms with Crippen molar-refractivity contribution in [1.29, 1.82) is 0 Å². The van der Waals surface area contributed by atoms with Gasteiger partial charge in [0.15, 0.2) is 0 Å². The number of carbonyl (C=O) groups is 1. The smallest absolute Gasteiger partial charge is 0.207 e. The molecule has 2 nitrogen and oxygen atoms in total. The monoisotopic (exact) mass is 161 g/mol. The summed E-state index contributed by atoms with van der Waals surface area (Å²) in [5.74, 6) is 0. The average molecular weight is 162 g/mol. The Labute approximate surface area is 65.9 Å². The summed E-state index contributed by atoms with van der Waals surface area (Å²) in [4.78, 5) is 10.0. The molecule has 1 fully saturated rings. The fraction of sp³-hybridized carbons (Fsp3) is 0.857. The van der Waals surface area contributed by atoms with Crippen molar-refractivity contribution < 1.29 is 4.79 Å². The van der Waals surface area contributed by atoms with E-state index in [4.69, 9.17) is 11.6 Å². The number of amides is 1. The van der Waals surface area contributed by atoms with Gasteiger partial charge in [-0.3, -0.25) is 4.79 Å². The van der Waals surface area contributed by atoms with Crippen LogP contribution in [0.25, 0.3) is 0 Å². The van der Waals surface area contributed by atoms with E-state index in [0.29, 0.717) is 0 Å². The van der Waals surface area contributed by atoms with Gasteiger partial charge in [-0.1, -0.05) is 12.8 Å². The Kier molecular flexibility index (Phi) is 3.00. The maximum absolute atomic E-state index is 10.0. The Morgan fingerprint density at radius 3 is 2.70 bits per heavy atom. The zero-order valence-electron chi connectivity index (χ0n) is 5.85. The van der Waals surface area contributed by atoms with Crippen molar-refractivity contribution in [2.45, 2.75) is 37.1 Å². The van der Waals surface area contributed by atoms with Crippen LogP contribution in [0, 0.1) is 0 Å². The summed E-state index contributed by atoms with van der Waals surface area (Å²) >= 11 is 5.94. The molecule has 0 heterocycles. The summed E-state index contributed by atoms with van der Waals surface area (Å²) in [5, 5.41) is 2.87. The summed E-state index contributed by atoms with van der Waals surface area (Å²) < 4.78 is 0. The van der Waals surface area contributed by atoms with E-state index in [0.717, 1.165) is 19.3 Å². The predicted octanol–water partition coefficient (Wildman–Crippen LogP) is 1.28.